The molecule has 0 spiro atoms. The zero-order chi connectivity index (χ0) is 16.7. The molecule has 5 heteroatoms. The number of hydrogen-bond acceptors (Lipinski definition) is 3. The molecule has 0 saturated carbocycles. The molecular formula is C18H22N2O2S. The number of hydrogen-bond donors (Lipinski definition) is 2. The summed E-state index contributed by atoms with van der Waals surface area (Å²) < 4.78 is 10.7. The molecule has 0 amide bonds. The van der Waals surface area contributed by atoms with Crippen molar-refractivity contribution in [2.24, 2.45) is 0 Å². The molecule has 4 nitrogen and oxygen atoms in total. The summed E-state index contributed by atoms with van der Waals surface area (Å²) in [6.07, 6.45) is 0. The fraction of sp³-hybridized carbons (Fsp3) is 0.278. The van der Waals surface area contributed by atoms with Crippen LogP contribution in [0.2, 0.25) is 0 Å². The van der Waals surface area contributed by atoms with Crippen molar-refractivity contribution in [2.45, 2.75) is 13.8 Å². The van der Waals surface area contributed by atoms with Crippen molar-refractivity contribution in [3.63, 3.8) is 0 Å². The molecule has 2 aromatic carbocycles. The predicted octanol–water partition coefficient (Wildman–Crippen LogP) is 3.68. The van der Waals surface area contributed by atoms with Gasteiger partial charge < -0.3 is 20.1 Å². The second-order valence-electron chi connectivity index (χ2n) is 5.28. The van der Waals surface area contributed by atoms with Crippen LogP contribution in [0, 0.1) is 13.8 Å². The Kier molecular flexibility index (Phi) is 6.23. The van der Waals surface area contributed by atoms with E-state index in [1.807, 2.05) is 24.3 Å². The summed E-state index contributed by atoms with van der Waals surface area (Å²) in [5.74, 6) is 1.62. The van der Waals surface area contributed by atoms with Crippen molar-refractivity contribution < 1.29 is 9.47 Å². The fourth-order valence-electron chi connectivity index (χ4n) is 2.23. The van der Waals surface area contributed by atoms with Crippen LogP contribution in [-0.2, 0) is 0 Å². The SMILES string of the molecule is COc1ccc(OCCNC(=S)Nc2cc(C)cc(C)c2)cc1. The van der Waals surface area contributed by atoms with Crippen molar-refractivity contribution in [1.29, 1.82) is 0 Å². The Morgan fingerprint density at radius 1 is 1.00 bits per heavy atom. The average molecular weight is 330 g/mol. The Balaban J connectivity index is 1.71. The Hall–Kier alpha value is -2.27. The monoisotopic (exact) mass is 330 g/mol. The van der Waals surface area contributed by atoms with Crippen LogP contribution in [0.4, 0.5) is 5.69 Å². The summed E-state index contributed by atoms with van der Waals surface area (Å²) in [4.78, 5) is 0. The third-order valence-corrected chi connectivity index (χ3v) is 3.44. The maximum Gasteiger partial charge on any atom is 0.170 e. The van der Waals surface area contributed by atoms with Gasteiger partial charge in [0.2, 0.25) is 0 Å². The summed E-state index contributed by atoms with van der Waals surface area (Å²) in [6.45, 7) is 5.29. The van der Waals surface area contributed by atoms with E-state index < -0.39 is 0 Å². The van der Waals surface area contributed by atoms with Gasteiger partial charge in [0.05, 0.1) is 13.7 Å². The number of aryl methyl sites for hydroxylation is 2. The van der Waals surface area contributed by atoms with Gasteiger partial charge in [0, 0.05) is 5.69 Å². The first kappa shape index (κ1) is 17.1. The highest BCUT2D eigenvalue weighted by Crippen LogP contribution is 2.16. The number of methoxy groups -OCH3 is 1. The summed E-state index contributed by atoms with van der Waals surface area (Å²) in [6, 6.07) is 13.8. The highest BCUT2D eigenvalue weighted by Gasteiger charge is 2.00. The van der Waals surface area contributed by atoms with Crippen LogP contribution in [0.15, 0.2) is 42.5 Å². The molecule has 0 aromatic heterocycles. The Morgan fingerprint density at radius 2 is 1.61 bits per heavy atom. The van der Waals surface area contributed by atoms with Gasteiger partial charge in [0.1, 0.15) is 18.1 Å². The molecule has 23 heavy (non-hydrogen) atoms. The van der Waals surface area contributed by atoms with Crippen LogP contribution in [-0.4, -0.2) is 25.4 Å². The van der Waals surface area contributed by atoms with Crippen LogP contribution < -0.4 is 20.1 Å². The minimum absolute atomic E-state index is 0.529. The smallest absolute Gasteiger partial charge is 0.170 e. The molecule has 0 aliphatic carbocycles. The molecule has 0 aliphatic rings. The molecule has 0 saturated heterocycles. The summed E-state index contributed by atoms with van der Waals surface area (Å²) in [7, 11) is 1.64. The largest absolute Gasteiger partial charge is 0.497 e. The van der Waals surface area contributed by atoms with Gasteiger partial charge in [-0.1, -0.05) is 6.07 Å². The molecule has 122 valence electrons. The lowest BCUT2D eigenvalue weighted by atomic mass is 10.1. The molecule has 2 N–H and O–H groups in total. The third-order valence-electron chi connectivity index (χ3n) is 3.20. The van der Waals surface area contributed by atoms with Crippen LogP contribution in [0.3, 0.4) is 0 Å². The van der Waals surface area contributed by atoms with E-state index in [0.29, 0.717) is 18.3 Å². The van der Waals surface area contributed by atoms with Gasteiger partial charge in [-0.25, -0.2) is 0 Å². The van der Waals surface area contributed by atoms with E-state index in [-0.39, 0.29) is 0 Å². The lowest BCUT2D eigenvalue weighted by Crippen LogP contribution is -2.32. The predicted molar refractivity (Wildman–Crippen MR) is 98.6 cm³/mol. The molecule has 2 aromatic rings. The first-order valence-electron chi connectivity index (χ1n) is 7.47. The van der Waals surface area contributed by atoms with Crippen LogP contribution in [0.5, 0.6) is 11.5 Å². The van der Waals surface area contributed by atoms with Gasteiger partial charge in [-0.05, 0) is 73.6 Å². The molecule has 0 aliphatic heterocycles. The molecule has 0 atom stereocenters. The van der Waals surface area contributed by atoms with Gasteiger partial charge >= 0.3 is 0 Å². The van der Waals surface area contributed by atoms with Crippen molar-refractivity contribution >= 4 is 23.0 Å². The van der Waals surface area contributed by atoms with E-state index in [0.717, 1.165) is 17.2 Å². The maximum atomic E-state index is 5.64. The highest BCUT2D eigenvalue weighted by atomic mass is 32.1. The van der Waals surface area contributed by atoms with E-state index in [2.05, 4.69) is 42.7 Å². The molecule has 2 rings (SSSR count). The molecule has 0 bridgehead atoms. The first-order chi connectivity index (χ1) is 11.1. The van der Waals surface area contributed by atoms with E-state index in [1.165, 1.54) is 11.1 Å². The second-order valence-corrected chi connectivity index (χ2v) is 5.69. The lowest BCUT2D eigenvalue weighted by molar-refractivity contribution is 0.322. The number of ether oxygens (including phenoxy) is 2. The van der Waals surface area contributed by atoms with Crippen molar-refractivity contribution in [3.8, 4) is 11.5 Å². The zero-order valence-electron chi connectivity index (χ0n) is 13.7. The van der Waals surface area contributed by atoms with Crippen molar-refractivity contribution in [3.05, 3.63) is 53.6 Å². The lowest BCUT2D eigenvalue weighted by Gasteiger charge is -2.12. The van der Waals surface area contributed by atoms with Crippen molar-refractivity contribution in [2.75, 3.05) is 25.6 Å². The Labute approximate surface area is 142 Å². The number of nitrogens with one attached hydrogen (secondary N) is 2. The number of anilines is 1. The highest BCUT2D eigenvalue weighted by molar-refractivity contribution is 7.80. The molecule has 0 unspecified atom stereocenters. The first-order valence-corrected chi connectivity index (χ1v) is 7.87. The molecule has 0 heterocycles. The van der Waals surface area contributed by atoms with Crippen LogP contribution in [0.25, 0.3) is 0 Å². The Bertz CT molecular complexity index is 636. The number of rotatable bonds is 6. The van der Waals surface area contributed by atoms with Crippen molar-refractivity contribution in [1.82, 2.24) is 5.32 Å². The zero-order valence-corrected chi connectivity index (χ0v) is 14.5. The number of thiocarbonyl (C=S) groups is 1. The van der Waals surface area contributed by atoms with Gasteiger partial charge in [0.25, 0.3) is 0 Å². The topological polar surface area (TPSA) is 42.5 Å². The minimum atomic E-state index is 0.529. The normalized spacial score (nSPS) is 10.0. The second kappa shape index (κ2) is 8.39. The van der Waals surface area contributed by atoms with Gasteiger partial charge in [-0.15, -0.1) is 0 Å². The quantitative estimate of drug-likeness (QED) is 0.625. The maximum absolute atomic E-state index is 5.64. The third kappa shape index (κ3) is 5.79. The average Bonchev–Trinajstić information content (AvgIpc) is 2.51. The van der Waals surface area contributed by atoms with E-state index in [4.69, 9.17) is 21.7 Å². The summed E-state index contributed by atoms with van der Waals surface area (Å²) >= 11 is 5.29. The molecule has 0 radical (unpaired) electrons. The van der Waals surface area contributed by atoms with Crippen LogP contribution in [0.1, 0.15) is 11.1 Å². The molecular weight excluding hydrogens is 308 g/mol. The number of benzene rings is 2. The summed E-state index contributed by atoms with van der Waals surface area (Å²) in [5, 5.41) is 6.91. The minimum Gasteiger partial charge on any atom is -0.497 e. The van der Waals surface area contributed by atoms with E-state index in [9.17, 15) is 0 Å². The van der Waals surface area contributed by atoms with Gasteiger partial charge in [0.15, 0.2) is 5.11 Å². The fourth-order valence-corrected chi connectivity index (χ4v) is 2.45. The molecule has 0 fully saturated rings. The van der Waals surface area contributed by atoms with Crippen LogP contribution >= 0.6 is 12.2 Å². The van der Waals surface area contributed by atoms with Gasteiger partial charge in [-0.2, -0.15) is 0 Å². The Morgan fingerprint density at radius 3 is 2.22 bits per heavy atom. The van der Waals surface area contributed by atoms with E-state index >= 15 is 0 Å². The summed E-state index contributed by atoms with van der Waals surface area (Å²) in [5.41, 5.74) is 3.41. The van der Waals surface area contributed by atoms with E-state index in [1.54, 1.807) is 7.11 Å². The standard InChI is InChI=1S/C18H22N2O2S/c1-13-10-14(2)12-15(11-13)20-18(23)19-8-9-22-17-6-4-16(21-3)5-7-17/h4-7,10-12H,8-9H2,1-3H3,(H2,19,20,23). The van der Waals surface area contributed by atoms with Gasteiger partial charge in [-0.3, -0.25) is 0 Å².